The molecule has 2 aliphatic rings. The lowest BCUT2D eigenvalue weighted by molar-refractivity contribution is -0.384. The number of amides is 1. The summed E-state index contributed by atoms with van der Waals surface area (Å²) >= 11 is 1.30. The molecule has 0 saturated heterocycles. The van der Waals surface area contributed by atoms with Crippen molar-refractivity contribution in [1.82, 2.24) is 4.90 Å². The van der Waals surface area contributed by atoms with Crippen LogP contribution in [0.2, 0.25) is 0 Å². The molecule has 1 atom stereocenters. The van der Waals surface area contributed by atoms with Crippen molar-refractivity contribution in [2.24, 2.45) is 5.73 Å². The molecule has 1 amide bonds. The van der Waals surface area contributed by atoms with Crippen LogP contribution in [0.5, 0.6) is 0 Å². The summed E-state index contributed by atoms with van der Waals surface area (Å²) in [5, 5.41) is 15.4. The minimum absolute atomic E-state index is 0. The number of fused-ring (bicyclic) bond motifs is 1. The lowest BCUT2D eigenvalue weighted by Crippen LogP contribution is -2.36. The summed E-state index contributed by atoms with van der Waals surface area (Å²) in [6.07, 6.45) is -0.136. The Bertz CT molecular complexity index is 906. The largest absolute Gasteiger partial charge is 0.466 e. The number of nitrogens with one attached hydrogen (secondary N) is 1. The van der Waals surface area contributed by atoms with Crippen LogP contribution in [0.1, 0.15) is 24.5 Å². The molecule has 1 aromatic rings. The number of anilines is 1. The third kappa shape index (κ3) is 4.95. The van der Waals surface area contributed by atoms with Gasteiger partial charge in [-0.05, 0) is 23.5 Å². The van der Waals surface area contributed by atoms with Crippen molar-refractivity contribution in [2.45, 2.75) is 31.8 Å². The second kappa shape index (κ2) is 9.37. The Hall–Kier alpha value is -2.44. The summed E-state index contributed by atoms with van der Waals surface area (Å²) < 4.78 is 4.97. The molecule has 0 aliphatic carbocycles. The van der Waals surface area contributed by atoms with E-state index in [0.717, 1.165) is 0 Å². The normalized spacial score (nSPS) is 17.8. The highest BCUT2D eigenvalue weighted by molar-refractivity contribution is 8.93. The SMILES string of the molecule is Br.CCOC(=O)CC1=CSC(N)N1Cc1cc([N+](=O)[O-])cc2c1CC(=O)C(=O)N2. The molecule has 0 spiro atoms. The highest BCUT2D eigenvalue weighted by atomic mass is 79.9. The van der Waals surface area contributed by atoms with Gasteiger partial charge in [0, 0.05) is 30.8 Å². The van der Waals surface area contributed by atoms with Crippen molar-refractivity contribution >= 4 is 57.8 Å². The number of carbonyl (C=O) groups excluding carboxylic acids is 3. The van der Waals surface area contributed by atoms with Gasteiger partial charge in [0.2, 0.25) is 5.78 Å². The van der Waals surface area contributed by atoms with Gasteiger partial charge in [-0.15, -0.1) is 17.0 Å². The van der Waals surface area contributed by atoms with E-state index in [1.807, 2.05) is 0 Å². The molecular formula is C17H19BrN4O6S. The van der Waals surface area contributed by atoms with E-state index in [4.69, 9.17) is 10.5 Å². The molecule has 0 radical (unpaired) electrons. The quantitative estimate of drug-likeness (QED) is 0.266. The van der Waals surface area contributed by atoms with Gasteiger partial charge >= 0.3 is 5.97 Å². The first-order valence-corrected chi connectivity index (χ1v) is 9.41. The molecule has 0 fully saturated rings. The van der Waals surface area contributed by atoms with Crippen LogP contribution in [0.4, 0.5) is 11.4 Å². The van der Waals surface area contributed by atoms with Gasteiger partial charge < -0.3 is 20.7 Å². The number of nitrogens with two attached hydrogens (primary N) is 1. The summed E-state index contributed by atoms with van der Waals surface area (Å²) in [5.41, 5.74) is 7.27. The maximum absolute atomic E-state index is 11.9. The Labute approximate surface area is 180 Å². The Balaban J connectivity index is 0.00000300. The van der Waals surface area contributed by atoms with Crippen LogP contribution in [0.15, 0.2) is 23.2 Å². The summed E-state index contributed by atoms with van der Waals surface area (Å²) in [4.78, 5) is 47.8. The molecule has 1 aromatic carbocycles. The number of nitro groups is 1. The van der Waals surface area contributed by atoms with Gasteiger partial charge in [-0.2, -0.15) is 0 Å². The van der Waals surface area contributed by atoms with Gasteiger partial charge in [0.05, 0.1) is 23.6 Å². The third-order valence-electron chi connectivity index (χ3n) is 4.37. The van der Waals surface area contributed by atoms with Crippen LogP contribution < -0.4 is 11.1 Å². The fourth-order valence-electron chi connectivity index (χ4n) is 3.05. The number of Topliss-reactive ketones (excluding diaryl/α,β-unsaturated/α-hetero) is 1. The summed E-state index contributed by atoms with van der Waals surface area (Å²) in [7, 11) is 0. The minimum Gasteiger partial charge on any atom is -0.466 e. The molecule has 3 rings (SSSR count). The van der Waals surface area contributed by atoms with Crippen molar-refractivity contribution < 1.29 is 24.0 Å². The fraction of sp³-hybridized carbons (Fsp3) is 0.353. The second-order valence-corrected chi connectivity index (χ2v) is 7.18. The zero-order valence-corrected chi connectivity index (χ0v) is 17.9. The van der Waals surface area contributed by atoms with Crippen LogP contribution in [-0.2, 0) is 32.1 Å². The van der Waals surface area contributed by atoms with Crippen LogP contribution in [0.25, 0.3) is 0 Å². The van der Waals surface area contributed by atoms with E-state index in [2.05, 4.69) is 5.32 Å². The number of halogens is 1. The average molecular weight is 487 g/mol. The van der Waals surface area contributed by atoms with E-state index in [1.165, 1.54) is 23.9 Å². The minimum atomic E-state index is -0.796. The highest BCUT2D eigenvalue weighted by Gasteiger charge is 2.31. The first-order valence-electron chi connectivity index (χ1n) is 8.46. The number of hydrogen-bond donors (Lipinski definition) is 2. The maximum atomic E-state index is 11.9. The van der Waals surface area contributed by atoms with Gasteiger partial charge in [0.1, 0.15) is 5.50 Å². The van der Waals surface area contributed by atoms with Crippen molar-refractivity contribution in [1.29, 1.82) is 0 Å². The number of nitro benzene ring substituents is 1. The molecule has 156 valence electrons. The number of non-ortho nitro benzene ring substituents is 1. The lowest BCUT2D eigenvalue weighted by Gasteiger charge is -2.28. The molecule has 2 aliphatic heterocycles. The number of esters is 1. The summed E-state index contributed by atoms with van der Waals surface area (Å²) in [6, 6.07) is 2.60. The number of ether oxygens (including phenoxy) is 1. The van der Waals surface area contributed by atoms with E-state index < -0.39 is 28.1 Å². The number of hydrogen-bond acceptors (Lipinski definition) is 9. The molecule has 12 heteroatoms. The lowest BCUT2D eigenvalue weighted by atomic mass is 9.95. The molecule has 29 heavy (non-hydrogen) atoms. The Morgan fingerprint density at radius 2 is 2.17 bits per heavy atom. The number of ketones is 1. The predicted molar refractivity (Wildman–Crippen MR) is 111 cm³/mol. The molecule has 0 bridgehead atoms. The van der Waals surface area contributed by atoms with Crippen LogP contribution in [-0.4, -0.2) is 39.6 Å². The number of benzene rings is 1. The van der Waals surface area contributed by atoms with Gasteiger partial charge in [-0.25, -0.2) is 0 Å². The number of thioether (sulfide) groups is 1. The van der Waals surface area contributed by atoms with E-state index >= 15 is 0 Å². The standard InChI is InChI=1S/C17H18N4O6S.BrH/c1-2-27-15(23)5-11-8-28-17(18)20(11)7-9-3-10(21(25)26)4-13-12(9)6-14(22)16(24)19-13;/h3-4,8,17H,2,5-7,18H2,1H3,(H,19,24);1H. The zero-order chi connectivity index (χ0) is 20.4. The monoisotopic (exact) mass is 486 g/mol. The molecule has 3 N–H and O–H groups in total. The molecule has 2 heterocycles. The molecular weight excluding hydrogens is 468 g/mol. The second-order valence-electron chi connectivity index (χ2n) is 6.19. The van der Waals surface area contributed by atoms with E-state index in [1.54, 1.807) is 17.2 Å². The smallest absolute Gasteiger partial charge is 0.311 e. The molecule has 0 saturated carbocycles. The number of nitrogens with zero attached hydrogens (tertiary/aromatic N) is 2. The third-order valence-corrected chi connectivity index (χ3v) is 5.31. The topological polar surface area (TPSA) is 145 Å². The van der Waals surface area contributed by atoms with Gasteiger partial charge in [-0.1, -0.05) is 11.8 Å². The van der Waals surface area contributed by atoms with Crippen molar-refractivity contribution in [3.05, 3.63) is 44.5 Å². The van der Waals surface area contributed by atoms with Gasteiger partial charge in [0.25, 0.3) is 11.6 Å². The summed E-state index contributed by atoms with van der Waals surface area (Å²) in [5.74, 6) is -1.82. The van der Waals surface area contributed by atoms with Crippen LogP contribution in [0, 0.1) is 10.1 Å². The molecule has 0 aromatic heterocycles. The van der Waals surface area contributed by atoms with E-state index in [-0.39, 0.29) is 54.3 Å². The van der Waals surface area contributed by atoms with Crippen molar-refractivity contribution in [3.8, 4) is 0 Å². The first kappa shape index (κ1) is 22.8. The Kier molecular flexibility index (Phi) is 7.38. The van der Waals surface area contributed by atoms with E-state index in [9.17, 15) is 24.5 Å². The van der Waals surface area contributed by atoms with Gasteiger partial charge in [0.15, 0.2) is 0 Å². The van der Waals surface area contributed by atoms with Gasteiger partial charge in [-0.3, -0.25) is 24.5 Å². The maximum Gasteiger partial charge on any atom is 0.311 e. The fourth-order valence-corrected chi connectivity index (χ4v) is 3.92. The van der Waals surface area contributed by atoms with Crippen molar-refractivity contribution in [2.75, 3.05) is 11.9 Å². The van der Waals surface area contributed by atoms with Crippen LogP contribution >= 0.6 is 28.7 Å². The average Bonchev–Trinajstić information content (AvgIpc) is 2.96. The first-order chi connectivity index (χ1) is 13.3. The van der Waals surface area contributed by atoms with E-state index in [0.29, 0.717) is 16.8 Å². The van der Waals surface area contributed by atoms with Crippen molar-refractivity contribution in [3.63, 3.8) is 0 Å². The predicted octanol–water partition coefficient (Wildman–Crippen LogP) is 1.82. The Morgan fingerprint density at radius 3 is 2.83 bits per heavy atom. The highest BCUT2D eigenvalue weighted by Crippen LogP contribution is 2.35. The van der Waals surface area contributed by atoms with Crippen LogP contribution in [0.3, 0.4) is 0 Å². The number of rotatable bonds is 6. The summed E-state index contributed by atoms with van der Waals surface area (Å²) in [6.45, 7) is 2.11. The molecule has 10 nitrogen and oxygen atoms in total. The number of carbonyl (C=O) groups is 3. The molecule has 1 unspecified atom stereocenters. The Morgan fingerprint density at radius 1 is 1.45 bits per heavy atom. The zero-order valence-electron chi connectivity index (χ0n) is 15.4.